The zero-order chi connectivity index (χ0) is 74.2. The van der Waals surface area contributed by atoms with Crippen molar-refractivity contribution in [2.24, 2.45) is 11.8 Å². The molecule has 20 atom stereocenters. The Bertz CT molecular complexity index is 2160. The molecule has 0 aromatic heterocycles. The van der Waals surface area contributed by atoms with E-state index in [1.54, 1.807) is 0 Å². The molecule has 1 aliphatic carbocycles. The summed E-state index contributed by atoms with van der Waals surface area (Å²) >= 11 is 0. The molecule has 0 bridgehead atoms. The van der Waals surface area contributed by atoms with E-state index in [0.717, 1.165) is 89.9 Å². The molecule has 24 nitrogen and oxygen atoms in total. The number of unbranched alkanes of at least 4 members (excludes halogenated alkanes) is 30. The van der Waals surface area contributed by atoms with Crippen LogP contribution in [0, 0.1) is 11.8 Å². The van der Waals surface area contributed by atoms with Crippen molar-refractivity contribution in [1.82, 2.24) is 0 Å². The van der Waals surface area contributed by atoms with E-state index < -0.39 is 156 Å². The van der Waals surface area contributed by atoms with E-state index in [1.807, 2.05) is 0 Å². The number of allylic oxidation sites excluding steroid dienone is 2. The van der Waals surface area contributed by atoms with Crippen molar-refractivity contribution in [3.63, 3.8) is 0 Å². The van der Waals surface area contributed by atoms with Crippen molar-refractivity contribution < 1.29 is 117 Å². The molecule has 0 amide bonds. The first-order valence-electron chi connectivity index (χ1n) is 39.8. The van der Waals surface area contributed by atoms with Crippen LogP contribution >= 0.6 is 7.82 Å². The molecule has 594 valence electrons. The van der Waals surface area contributed by atoms with Gasteiger partial charge in [-0.3, -0.25) is 23.4 Å². The zero-order valence-corrected chi connectivity index (χ0v) is 63.4. The van der Waals surface area contributed by atoms with E-state index >= 15 is 0 Å². The van der Waals surface area contributed by atoms with E-state index in [2.05, 4.69) is 46.8 Å². The average molecular weight is 1470 g/mol. The maximum Gasteiger partial charge on any atom is 0.472 e. The third-order valence-corrected chi connectivity index (χ3v) is 21.1. The van der Waals surface area contributed by atoms with Gasteiger partial charge in [-0.15, -0.1) is 0 Å². The van der Waals surface area contributed by atoms with Crippen molar-refractivity contribution in [3.05, 3.63) is 12.2 Å². The Balaban J connectivity index is 1.73. The summed E-state index contributed by atoms with van der Waals surface area (Å²) in [5.41, 5.74) is 0. The lowest BCUT2D eigenvalue weighted by Gasteiger charge is -2.49. The smallest absolute Gasteiger partial charge is 0.463 e. The van der Waals surface area contributed by atoms with E-state index in [-0.39, 0.29) is 19.3 Å². The molecule has 25 heteroatoms. The van der Waals surface area contributed by atoms with Crippen molar-refractivity contribution in [2.75, 3.05) is 26.4 Å². The van der Waals surface area contributed by atoms with Crippen LogP contribution in [0.2, 0.25) is 0 Å². The van der Waals surface area contributed by atoms with Crippen LogP contribution in [0.4, 0.5) is 0 Å². The van der Waals surface area contributed by atoms with E-state index in [1.165, 1.54) is 141 Å². The molecule has 0 spiro atoms. The minimum atomic E-state index is -5.70. The minimum absolute atomic E-state index is 0.0288. The van der Waals surface area contributed by atoms with Crippen LogP contribution in [0.1, 0.15) is 311 Å². The van der Waals surface area contributed by atoms with Gasteiger partial charge in [-0.2, -0.15) is 0 Å². The number of ether oxygens (including phenoxy) is 7. The van der Waals surface area contributed by atoms with Gasteiger partial charge in [0.2, 0.25) is 0 Å². The maximum absolute atomic E-state index is 14.4. The molecule has 20 unspecified atom stereocenters. The molecule has 2 heterocycles. The minimum Gasteiger partial charge on any atom is -0.463 e. The first-order chi connectivity index (χ1) is 48.6. The first kappa shape index (κ1) is 92.9. The number of hydrogen-bond acceptors (Lipinski definition) is 23. The summed E-state index contributed by atoms with van der Waals surface area (Å²) in [7, 11) is -5.70. The van der Waals surface area contributed by atoms with Crippen molar-refractivity contribution in [3.8, 4) is 0 Å². The molecule has 0 aromatic rings. The molecule has 3 aliphatic rings. The molecule has 0 radical (unpaired) electrons. The lowest BCUT2D eigenvalue weighted by atomic mass is 9.84. The predicted molar refractivity (Wildman–Crippen MR) is 384 cm³/mol. The Kier molecular flexibility index (Phi) is 51.5. The van der Waals surface area contributed by atoms with Gasteiger partial charge in [-0.25, -0.2) is 4.57 Å². The molecule has 3 fully saturated rings. The van der Waals surface area contributed by atoms with Gasteiger partial charge in [-0.1, -0.05) is 259 Å². The van der Waals surface area contributed by atoms with Gasteiger partial charge in [0.05, 0.1) is 13.2 Å². The highest BCUT2D eigenvalue weighted by Gasteiger charge is 2.58. The molecule has 2 aliphatic heterocycles. The van der Waals surface area contributed by atoms with Crippen molar-refractivity contribution in [2.45, 2.75) is 415 Å². The lowest BCUT2D eigenvalue weighted by Crippen LogP contribution is -2.69. The summed E-state index contributed by atoms with van der Waals surface area (Å²) in [6, 6.07) is 0. The van der Waals surface area contributed by atoms with Gasteiger partial charge in [0.15, 0.2) is 18.7 Å². The van der Waals surface area contributed by atoms with Gasteiger partial charge in [0, 0.05) is 19.3 Å². The fourth-order valence-corrected chi connectivity index (χ4v) is 14.4. The predicted octanol–water partition coefficient (Wildman–Crippen LogP) is 11.6. The van der Waals surface area contributed by atoms with Crippen LogP contribution < -0.4 is 0 Å². The van der Waals surface area contributed by atoms with E-state index in [0.29, 0.717) is 37.5 Å². The molecule has 11 N–H and O–H groups in total. The van der Waals surface area contributed by atoms with Crippen LogP contribution in [0.15, 0.2) is 12.2 Å². The Morgan fingerprint density at radius 3 is 1.18 bits per heavy atom. The molecular formula is C76H141O24P. The number of phosphoric ester groups is 1. The highest BCUT2D eigenvalue weighted by Crippen LogP contribution is 2.49. The van der Waals surface area contributed by atoms with Crippen LogP contribution in [0.5, 0.6) is 0 Å². The summed E-state index contributed by atoms with van der Waals surface area (Å²) in [6.45, 7) is 8.10. The second-order valence-electron chi connectivity index (χ2n) is 29.3. The number of carbonyl (C=O) groups is 3. The topological polar surface area (TPSA) is 374 Å². The third kappa shape index (κ3) is 39.4. The summed E-state index contributed by atoms with van der Waals surface area (Å²) in [5.74, 6) is -0.610. The average Bonchev–Trinajstić information content (AvgIpc) is 0.764. The van der Waals surface area contributed by atoms with Gasteiger partial charge in [-0.05, 0) is 56.8 Å². The molecular weight excluding hydrogens is 1330 g/mol. The Hall–Kier alpha value is -2.30. The SMILES string of the molecule is CCCCCCCCC/C=C\CCCCCC(=O)OC(COC(=O)CCCCCCCCC(C)CCCCCCCC)COP(=O)(O)OC1C(OC2OC(CO)C(O)C(O)C2O)C(O)C(O)C(O)C1OC1OC(COC(=O)CCCCCCCCC(C)CCCCCCCC)C(O)C(O)C1O. The lowest BCUT2D eigenvalue weighted by molar-refractivity contribution is -0.360. The largest absolute Gasteiger partial charge is 0.472 e. The van der Waals surface area contributed by atoms with Gasteiger partial charge < -0.3 is 89.1 Å². The molecule has 1 saturated carbocycles. The number of hydrogen-bond donors (Lipinski definition) is 11. The Morgan fingerprint density at radius 1 is 0.406 bits per heavy atom. The Morgan fingerprint density at radius 2 is 0.752 bits per heavy atom. The molecule has 2 saturated heterocycles. The summed E-state index contributed by atoms with van der Waals surface area (Å²) in [5, 5.41) is 110. The van der Waals surface area contributed by atoms with Crippen molar-refractivity contribution >= 4 is 25.7 Å². The zero-order valence-electron chi connectivity index (χ0n) is 62.5. The van der Waals surface area contributed by atoms with Gasteiger partial charge in [0.25, 0.3) is 0 Å². The summed E-state index contributed by atoms with van der Waals surface area (Å²) in [4.78, 5) is 51.2. The van der Waals surface area contributed by atoms with Gasteiger partial charge in [0.1, 0.15) is 98.7 Å². The summed E-state index contributed by atoms with van der Waals surface area (Å²) < 4.78 is 65.2. The second kappa shape index (κ2) is 56.0. The maximum atomic E-state index is 14.4. The molecule has 0 aromatic carbocycles. The summed E-state index contributed by atoms with van der Waals surface area (Å²) in [6.07, 6.45) is 12.7. The molecule has 101 heavy (non-hydrogen) atoms. The number of rotatable bonds is 61. The molecule has 3 rings (SSSR count). The monoisotopic (exact) mass is 1470 g/mol. The third-order valence-electron chi connectivity index (χ3n) is 20.1. The fourth-order valence-electron chi connectivity index (χ4n) is 13.4. The van der Waals surface area contributed by atoms with Crippen LogP contribution in [-0.2, 0) is 61.2 Å². The van der Waals surface area contributed by atoms with Crippen molar-refractivity contribution in [1.29, 1.82) is 0 Å². The van der Waals surface area contributed by atoms with Crippen LogP contribution in [-0.4, -0.2) is 204 Å². The van der Waals surface area contributed by atoms with E-state index in [9.17, 15) is 74.9 Å². The number of aliphatic hydroxyl groups excluding tert-OH is 10. The Labute approximate surface area is 605 Å². The quantitative estimate of drug-likeness (QED) is 0.00886. The highest BCUT2D eigenvalue weighted by molar-refractivity contribution is 7.47. The van der Waals surface area contributed by atoms with Crippen LogP contribution in [0.25, 0.3) is 0 Å². The first-order valence-corrected chi connectivity index (χ1v) is 41.3. The number of esters is 3. The number of aliphatic hydroxyl groups is 10. The van der Waals surface area contributed by atoms with Crippen LogP contribution in [0.3, 0.4) is 0 Å². The van der Waals surface area contributed by atoms with Gasteiger partial charge >= 0.3 is 25.7 Å². The number of carbonyl (C=O) groups excluding carboxylic acids is 3. The fraction of sp³-hybridized carbons (Fsp3) is 0.934. The number of phosphoric acid groups is 1. The normalized spacial score (nSPS) is 27.8. The standard InChI is InChI=1S/C76H141O24P/c1-6-9-12-15-18-19-20-21-22-23-24-25-36-43-50-62(80)95-57(52-92-60(78)48-41-34-28-26-32-39-46-55(4)44-37-30-16-13-10-7-2)53-94-101(90,91)100-74-72(98-75-70(88)65(83)63(81)58(51-77)96-75)68(86)67(85)69(87)73(74)99-76-71(89)66(84)64(82)59(97-76)54-93-61(79)49-42-35-29-27-33-40-47-56(5)45-38-31-17-14-11-8-3/h22-23,55-59,63-77,81-89H,6-21,24-54H2,1-5H3,(H,90,91)/b23-22-. The second-order valence-corrected chi connectivity index (χ2v) is 30.7. The highest BCUT2D eigenvalue weighted by atomic mass is 31.2. The van der Waals surface area contributed by atoms with E-state index in [4.69, 9.17) is 42.2 Å².